The first kappa shape index (κ1) is 41.5. The predicted octanol–water partition coefficient (Wildman–Crippen LogP) is 5.00. The summed E-state index contributed by atoms with van der Waals surface area (Å²) in [4.78, 5) is 40.7. The van der Waals surface area contributed by atoms with E-state index >= 15 is 0 Å². The van der Waals surface area contributed by atoms with Gasteiger partial charge in [0.2, 0.25) is 0 Å². The molecule has 0 aliphatic carbocycles. The third-order valence-electron chi connectivity index (χ3n) is 7.32. The van der Waals surface area contributed by atoms with Crippen LogP contribution in [0, 0.1) is 12.3 Å². The number of nitrogens with zero attached hydrogens (tertiary/aromatic N) is 2. The Morgan fingerprint density at radius 2 is 1.56 bits per heavy atom. The van der Waals surface area contributed by atoms with Gasteiger partial charge in [-0.15, -0.1) is 6.42 Å². The highest BCUT2D eigenvalue weighted by Gasteiger charge is 2.25. The summed E-state index contributed by atoms with van der Waals surface area (Å²) in [6.45, 7) is 2.86. The number of carbonyl (C=O) groups is 3. The molecule has 2 atom stereocenters. The number of anilines is 1. The zero-order valence-electron chi connectivity index (χ0n) is 29.9. The van der Waals surface area contributed by atoms with Crippen molar-refractivity contribution in [3.63, 3.8) is 0 Å². The molecule has 0 aliphatic heterocycles. The average Bonchev–Trinajstić information content (AvgIpc) is 3.14. The molecule has 0 spiro atoms. The molecule has 4 N–H and O–H groups in total. The van der Waals surface area contributed by atoms with Gasteiger partial charge in [-0.2, -0.15) is 0 Å². The van der Waals surface area contributed by atoms with Crippen molar-refractivity contribution >= 4 is 31.2 Å². The number of para-hydroxylation sites is 1. The number of terminal acetylenes is 1. The molecule has 1 unspecified atom stereocenters. The topological polar surface area (TPSA) is 162 Å². The number of ether oxygens (including phenoxy) is 3. The highest BCUT2D eigenvalue weighted by atomic mass is 31.2. The first-order valence-electron chi connectivity index (χ1n) is 16.7. The van der Waals surface area contributed by atoms with Crippen LogP contribution >= 0.6 is 7.52 Å². The second-order valence-corrected chi connectivity index (χ2v) is 14.3. The molecule has 0 saturated carbocycles. The molecule has 0 saturated heterocycles. The van der Waals surface area contributed by atoms with Crippen molar-refractivity contribution in [1.29, 1.82) is 0 Å². The van der Waals surface area contributed by atoms with Gasteiger partial charge in [-0.05, 0) is 62.8 Å². The number of nitrogens with one attached hydrogen (secondary N) is 2. The van der Waals surface area contributed by atoms with Crippen molar-refractivity contribution < 1.29 is 37.7 Å². The van der Waals surface area contributed by atoms with E-state index in [1.54, 1.807) is 48.5 Å². The van der Waals surface area contributed by atoms with E-state index in [0.29, 0.717) is 36.5 Å². The molecule has 3 aromatic carbocycles. The minimum Gasteiger partial charge on any atom is -0.460 e. The maximum absolute atomic E-state index is 13.8. The fourth-order valence-corrected chi connectivity index (χ4v) is 6.00. The third kappa shape index (κ3) is 15.9. The van der Waals surface area contributed by atoms with E-state index in [1.165, 1.54) is 4.90 Å². The predicted molar refractivity (Wildman–Crippen MR) is 200 cm³/mol. The van der Waals surface area contributed by atoms with Gasteiger partial charge in [-0.3, -0.25) is 19.1 Å². The zero-order chi connectivity index (χ0) is 37.8. The van der Waals surface area contributed by atoms with Crippen LogP contribution in [0.2, 0.25) is 0 Å². The Labute approximate surface area is 305 Å². The van der Waals surface area contributed by atoms with Crippen molar-refractivity contribution in [2.24, 2.45) is 5.73 Å². The first-order chi connectivity index (χ1) is 25.0. The Morgan fingerprint density at radius 3 is 2.21 bits per heavy atom. The summed E-state index contributed by atoms with van der Waals surface area (Å²) >= 11 is 0. The van der Waals surface area contributed by atoms with E-state index in [2.05, 4.69) is 16.3 Å². The summed E-state index contributed by atoms with van der Waals surface area (Å²) in [6, 6.07) is 23.8. The fraction of sp³-hybridized carbons (Fsp3) is 0.342. The van der Waals surface area contributed by atoms with Crippen LogP contribution in [0.4, 0.5) is 10.5 Å². The zero-order valence-corrected chi connectivity index (χ0v) is 30.8. The van der Waals surface area contributed by atoms with Crippen molar-refractivity contribution in [3.8, 4) is 18.1 Å². The second-order valence-electron chi connectivity index (χ2n) is 12.1. The fourth-order valence-electron chi connectivity index (χ4n) is 4.38. The smallest absolute Gasteiger partial charge is 0.411 e. The van der Waals surface area contributed by atoms with E-state index < -0.39 is 31.5 Å². The van der Waals surface area contributed by atoms with Gasteiger partial charge in [0.1, 0.15) is 38.3 Å². The lowest BCUT2D eigenvalue weighted by Crippen LogP contribution is -2.38. The molecule has 0 fully saturated rings. The van der Waals surface area contributed by atoms with Gasteiger partial charge >= 0.3 is 19.6 Å². The summed E-state index contributed by atoms with van der Waals surface area (Å²) < 4.78 is 36.4. The standard InChI is InChI=1S/C38H48N5O8P/c1-5-35(39)37(45)41-33-20-18-32(19-21-33)28-50-38(46)43(23-22-42(3)4)29-48-26-30(2)13-12-24-52(47,51-34-16-10-7-11-17-34)40-25-36(44)49-27-31-14-8-6-9-15-31/h1,6-11,13-21,35H,12,22-29,39H2,2-4H3,(H,40,47)(H,41,45)/b30-13+/t35-,52?/m0/s1. The van der Waals surface area contributed by atoms with E-state index in [0.717, 1.165) is 11.1 Å². The highest BCUT2D eigenvalue weighted by molar-refractivity contribution is 7.57. The van der Waals surface area contributed by atoms with Crippen LogP contribution in [0.5, 0.6) is 5.75 Å². The van der Waals surface area contributed by atoms with Crippen LogP contribution in [-0.2, 0) is 41.6 Å². The summed E-state index contributed by atoms with van der Waals surface area (Å²) in [5.74, 6) is 1.54. The molecule has 0 radical (unpaired) electrons. The van der Waals surface area contributed by atoms with E-state index in [1.807, 2.05) is 68.4 Å². The lowest BCUT2D eigenvalue weighted by Gasteiger charge is -2.24. The number of carbonyl (C=O) groups excluding carboxylic acids is 3. The van der Waals surface area contributed by atoms with Gasteiger partial charge < -0.3 is 34.7 Å². The molecule has 13 nitrogen and oxygen atoms in total. The van der Waals surface area contributed by atoms with Crippen LogP contribution in [0.3, 0.4) is 0 Å². The third-order valence-corrected chi connectivity index (χ3v) is 9.31. The molecule has 278 valence electrons. The number of amides is 2. The highest BCUT2D eigenvalue weighted by Crippen LogP contribution is 2.43. The molecule has 2 amide bonds. The second kappa shape index (κ2) is 22.1. The molecule has 14 heteroatoms. The summed E-state index contributed by atoms with van der Waals surface area (Å²) in [5.41, 5.74) is 8.47. The van der Waals surface area contributed by atoms with Gasteiger partial charge in [0.05, 0.1) is 12.8 Å². The normalized spacial score (nSPS) is 13.0. The van der Waals surface area contributed by atoms with Crippen molar-refractivity contribution in [2.45, 2.75) is 32.6 Å². The molecule has 0 aliphatic rings. The Morgan fingerprint density at radius 1 is 0.923 bits per heavy atom. The molecular formula is C38H48N5O8P. The number of nitrogens with two attached hydrogens (primary N) is 1. The molecule has 52 heavy (non-hydrogen) atoms. The SMILES string of the molecule is C#C[C@H](N)C(=O)Nc1ccc(COC(=O)N(CCN(C)C)COC/C(C)=C/CCP(=O)(NCC(=O)OCc2ccccc2)Oc2ccccc2)cc1. The van der Waals surface area contributed by atoms with Crippen LogP contribution in [0.15, 0.2) is 96.6 Å². The molecule has 3 aromatic rings. The summed E-state index contributed by atoms with van der Waals surface area (Å²) in [7, 11) is 0.290. The Kier molecular flexibility index (Phi) is 17.6. The van der Waals surface area contributed by atoms with Crippen LogP contribution < -0.4 is 20.7 Å². The van der Waals surface area contributed by atoms with Gasteiger partial charge in [0, 0.05) is 18.8 Å². The Hall–Kier alpha value is -4.96. The van der Waals surface area contributed by atoms with E-state index in [9.17, 15) is 18.9 Å². The van der Waals surface area contributed by atoms with E-state index in [-0.39, 0.29) is 39.3 Å². The Bertz CT molecular complexity index is 1680. The van der Waals surface area contributed by atoms with Crippen molar-refractivity contribution in [2.75, 3.05) is 58.5 Å². The lowest BCUT2D eigenvalue weighted by molar-refractivity contribution is -0.143. The van der Waals surface area contributed by atoms with Crippen molar-refractivity contribution in [3.05, 3.63) is 108 Å². The van der Waals surface area contributed by atoms with Gasteiger partial charge in [0.15, 0.2) is 0 Å². The number of hydrogen-bond donors (Lipinski definition) is 3. The summed E-state index contributed by atoms with van der Waals surface area (Å²) in [6.07, 6.45) is 7.00. The lowest BCUT2D eigenvalue weighted by atomic mass is 10.2. The van der Waals surface area contributed by atoms with Crippen LogP contribution in [0.1, 0.15) is 24.5 Å². The van der Waals surface area contributed by atoms with Crippen LogP contribution in [-0.4, -0.2) is 87.0 Å². The number of esters is 1. The van der Waals surface area contributed by atoms with E-state index in [4.69, 9.17) is 30.9 Å². The number of benzene rings is 3. The molecule has 0 heterocycles. The average molecular weight is 734 g/mol. The van der Waals surface area contributed by atoms with Gasteiger partial charge in [0.25, 0.3) is 5.91 Å². The minimum atomic E-state index is -3.51. The molecular weight excluding hydrogens is 685 g/mol. The number of hydrogen-bond acceptors (Lipinski definition) is 10. The monoisotopic (exact) mass is 733 g/mol. The first-order valence-corrected chi connectivity index (χ1v) is 18.5. The molecule has 3 rings (SSSR count). The van der Waals surface area contributed by atoms with Gasteiger partial charge in [-0.1, -0.05) is 78.2 Å². The number of likely N-dealkylation sites (N-methyl/N-ethyl adjacent to an activating group) is 1. The quantitative estimate of drug-likeness (QED) is 0.0444. The Balaban J connectivity index is 1.50. The van der Waals surface area contributed by atoms with Gasteiger partial charge in [-0.25, -0.2) is 9.88 Å². The minimum absolute atomic E-state index is 0.0121. The maximum Gasteiger partial charge on any atom is 0.411 e. The largest absolute Gasteiger partial charge is 0.460 e. The van der Waals surface area contributed by atoms with Crippen molar-refractivity contribution in [1.82, 2.24) is 14.9 Å². The molecule has 0 aromatic heterocycles. The number of allylic oxidation sites excluding steroid dienone is 1. The maximum atomic E-state index is 13.8. The summed E-state index contributed by atoms with van der Waals surface area (Å²) in [5, 5.41) is 5.42. The number of rotatable bonds is 21. The molecule has 0 bridgehead atoms. The van der Waals surface area contributed by atoms with Crippen LogP contribution in [0.25, 0.3) is 0 Å².